The van der Waals surface area contributed by atoms with Crippen molar-refractivity contribution in [1.82, 2.24) is 30.1 Å². The molecule has 6 rings (SSSR count). The van der Waals surface area contributed by atoms with Gasteiger partial charge in [0.2, 0.25) is 5.95 Å². The number of hydrogen-bond acceptors (Lipinski definition) is 11. The number of rotatable bonds is 6. The largest absolute Gasteiger partial charge is 0.368 e. The highest BCUT2D eigenvalue weighted by molar-refractivity contribution is 7.91. The molecule has 2 aliphatic rings. The highest BCUT2D eigenvalue weighted by Crippen LogP contribution is 2.48. The van der Waals surface area contributed by atoms with Gasteiger partial charge in [-0.05, 0) is 30.4 Å². The van der Waals surface area contributed by atoms with Gasteiger partial charge in [0.15, 0.2) is 15.7 Å². The Morgan fingerprint density at radius 2 is 1.76 bits per heavy atom. The predicted molar refractivity (Wildman–Crippen MR) is 137 cm³/mol. The Balaban J connectivity index is 1.21. The number of nitrogens with two attached hydrogens (primary N) is 1. The summed E-state index contributed by atoms with van der Waals surface area (Å²) in [6.45, 7) is 1.05. The van der Waals surface area contributed by atoms with E-state index in [4.69, 9.17) is 15.2 Å². The van der Waals surface area contributed by atoms with Crippen LogP contribution in [0, 0.1) is 0 Å². The van der Waals surface area contributed by atoms with Crippen molar-refractivity contribution in [3.8, 4) is 22.7 Å². The van der Waals surface area contributed by atoms with Crippen LogP contribution < -0.4 is 10.6 Å². The molecule has 4 aromatic rings. The van der Waals surface area contributed by atoms with Crippen molar-refractivity contribution < 1.29 is 12.9 Å². The average molecular weight is 519 g/mol. The maximum absolute atomic E-state index is 11.9. The van der Waals surface area contributed by atoms with Crippen molar-refractivity contribution in [2.45, 2.75) is 36.3 Å². The van der Waals surface area contributed by atoms with E-state index in [2.05, 4.69) is 37.2 Å². The average Bonchev–Trinajstić information content (AvgIpc) is 3.56. The van der Waals surface area contributed by atoms with Gasteiger partial charge in [-0.2, -0.15) is 4.98 Å². The van der Waals surface area contributed by atoms with Gasteiger partial charge in [0.1, 0.15) is 11.5 Å². The van der Waals surface area contributed by atoms with Crippen LogP contribution in [0.3, 0.4) is 0 Å². The van der Waals surface area contributed by atoms with E-state index in [1.54, 1.807) is 24.8 Å². The molecule has 4 heterocycles. The molecule has 0 radical (unpaired) electrons. The van der Waals surface area contributed by atoms with Crippen molar-refractivity contribution in [1.29, 1.82) is 0 Å². The smallest absolute Gasteiger partial charge is 0.278 e. The molecule has 11 nitrogen and oxygen atoms in total. The number of anilines is 2. The van der Waals surface area contributed by atoms with Gasteiger partial charge in [0, 0.05) is 37.3 Å². The van der Waals surface area contributed by atoms with Crippen LogP contribution in [0.5, 0.6) is 0 Å². The van der Waals surface area contributed by atoms with Gasteiger partial charge in [-0.15, -0.1) is 0 Å². The molecular weight excluding hydrogens is 492 g/mol. The molecule has 1 aromatic carbocycles. The first kappa shape index (κ1) is 23.5. The van der Waals surface area contributed by atoms with Crippen LogP contribution in [0.4, 0.5) is 11.8 Å². The lowest BCUT2D eigenvalue weighted by molar-refractivity contribution is 0.273. The summed E-state index contributed by atoms with van der Waals surface area (Å²) < 4.78 is 29.3. The zero-order valence-electron chi connectivity index (χ0n) is 20.3. The highest BCUT2D eigenvalue weighted by atomic mass is 32.2. The van der Waals surface area contributed by atoms with Crippen molar-refractivity contribution in [2.24, 2.45) is 0 Å². The molecule has 1 atom stereocenters. The first-order valence-electron chi connectivity index (χ1n) is 12.1. The van der Waals surface area contributed by atoms with Gasteiger partial charge in [-0.1, -0.05) is 35.8 Å². The summed E-state index contributed by atoms with van der Waals surface area (Å²) in [6.07, 6.45) is 11.4. The molecule has 2 fully saturated rings. The number of nitrogen functional groups attached to an aromatic ring is 1. The second-order valence-electron chi connectivity index (χ2n) is 9.71. The maximum Gasteiger partial charge on any atom is 0.278 e. The van der Waals surface area contributed by atoms with Crippen LogP contribution in [0.2, 0.25) is 0 Å². The molecule has 1 aliphatic heterocycles. The lowest BCUT2D eigenvalue weighted by atomic mass is 9.64. The molecule has 37 heavy (non-hydrogen) atoms. The van der Waals surface area contributed by atoms with E-state index in [1.807, 2.05) is 17.0 Å². The van der Waals surface area contributed by atoms with E-state index in [0.29, 0.717) is 42.7 Å². The summed E-state index contributed by atoms with van der Waals surface area (Å²) in [5.74, 6) is 1.83. The Hall–Kier alpha value is -3.93. The Kier molecular flexibility index (Phi) is 5.63. The van der Waals surface area contributed by atoms with Crippen LogP contribution in [0.15, 0.2) is 53.6 Å². The Labute approximate surface area is 214 Å². The molecule has 1 unspecified atom stereocenters. The third kappa shape index (κ3) is 4.31. The number of nitrogens with zero attached hydrogens (tertiary/aromatic N) is 7. The zero-order chi connectivity index (χ0) is 25.6. The number of benzene rings is 1. The van der Waals surface area contributed by atoms with Crippen LogP contribution in [0.1, 0.15) is 37.1 Å². The summed E-state index contributed by atoms with van der Waals surface area (Å²) in [4.78, 5) is 23.7. The third-order valence-electron chi connectivity index (χ3n) is 7.44. The van der Waals surface area contributed by atoms with E-state index in [0.717, 1.165) is 36.0 Å². The molecule has 1 aliphatic carbocycles. The van der Waals surface area contributed by atoms with Gasteiger partial charge < -0.3 is 15.2 Å². The van der Waals surface area contributed by atoms with Gasteiger partial charge in [0.25, 0.3) is 5.89 Å². The van der Waals surface area contributed by atoms with E-state index in [9.17, 15) is 8.42 Å². The zero-order valence-corrected chi connectivity index (χ0v) is 21.1. The SMILES string of the molecule is CS(=O)(=O)C1CCN(c2cnc(-c3nc(C4(c5ccc(-c6cnc(N)nc6)cc5)CCC4)no3)cn2)C1. The molecule has 1 saturated carbocycles. The summed E-state index contributed by atoms with van der Waals surface area (Å²) in [6, 6.07) is 8.27. The van der Waals surface area contributed by atoms with Gasteiger partial charge in [-0.25, -0.2) is 28.4 Å². The second-order valence-corrected chi connectivity index (χ2v) is 12.0. The summed E-state index contributed by atoms with van der Waals surface area (Å²) in [7, 11) is -3.08. The number of sulfone groups is 1. The van der Waals surface area contributed by atoms with Gasteiger partial charge in [-0.3, -0.25) is 0 Å². The van der Waals surface area contributed by atoms with Crippen LogP contribution >= 0.6 is 0 Å². The van der Waals surface area contributed by atoms with E-state index < -0.39 is 9.84 Å². The molecule has 2 N–H and O–H groups in total. The molecule has 12 heteroatoms. The molecular formula is C25H26N8O3S. The van der Waals surface area contributed by atoms with E-state index in [1.165, 1.54) is 6.26 Å². The second kappa shape index (κ2) is 8.87. The fourth-order valence-corrected chi connectivity index (χ4v) is 6.03. The van der Waals surface area contributed by atoms with Crippen molar-refractivity contribution >= 4 is 21.6 Å². The van der Waals surface area contributed by atoms with Crippen molar-refractivity contribution in [3.63, 3.8) is 0 Å². The summed E-state index contributed by atoms with van der Waals surface area (Å²) in [5.41, 5.74) is 8.80. The molecule has 1 saturated heterocycles. The van der Waals surface area contributed by atoms with Crippen LogP contribution in [0.25, 0.3) is 22.7 Å². The minimum atomic E-state index is -3.08. The van der Waals surface area contributed by atoms with Gasteiger partial charge >= 0.3 is 0 Å². The Morgan fingerprint density at radius 1 is 1.00 bits per heavy atom. The molecule has 190 valence electrons. The standard InChI is InChI=1S/C25H26N8O3S/c1-37(34,35)19-7-10-33(15-19)21-14-27-20(13-28-21)22-31-23(32-36-22)25(8-2-9-25)18-5-3-16(4-6-18)17-11-29-24(26)30-12-17/h3-6,11-14,19H,2,7-10,15H2,1H3,(H2,26,29,30). The topological polar surface area (TPSA) is 154 Å². The first-order valence-corrected chi connectivity index (χ1v) is 14.1. The fraction of sp³-hybridized carbons (Fsp3) is 0.360. The molecule has 0 bridgehead atoms. The number of aromatic nitrogens is 6. The van der Waals surface area contributed by atoms with Gasteiger partial charge in [0.05, 0.1) is 23.1 Å². The van der Waals surface area contributed by atoms with Crippen molar-refractivity contribution in [2.75, 3.05) is 30.0 Å². The van der Waals surface area contributed by atoms with Crippen LogP contribution in [-0.2, 0) is 15.3 Å². The van der Waals surface area contributed by atoms with Crippen molar-refractivity contribution in [3.05, 3.63) is 60.4 Å². The third-order valence-corrected chi connectivity index (χ3v) is 9.03. The lowest BCUT2D eigenvalue weighted by Crippen LogP contribution is -2.36. The van der Waals surface area contributed by atoms with Crippen LogP contribution in [-0.4, -0.2) is 63.1 Å². The summed E-state index contributed by atoms with van der Waals surface area (Å²) >= 11 is 0. The predicted octanol–water partition coefficient (Wildman–Crippen LogP) is 2.66. The Morgan fingerprint density at radius 3 is 2.35 bits per heavy atom. The first-order chi connectivity index (χ1) is 17.8. The molecule has 0 amide bonds. The number of hydrogen-bond donors (Lipinski definition) is 1. The monoisotopic (exact) mass is 518 g/mol. The minimum absolute atomic E-state index is 0.248. The van der Waals surface area contributed by atoms with E-state index in [-0.39, 0.29) is 16.6 Å². The maximum atomic E-state index is 11.9. The lowest BCUT2D eigenvalue weighted by Gasteiger charge is -2.39. The highest BCUT2D eigenvalue weighted by Gasteiger charge is 2.44. The summed E-state index contributed by atoms with van der Waals surface area (Å²) in [5, 5.41) is 3.95. The minimum Gasteiger partial charge on any atom is -0.368 e. The molecule has 3 aromatic heterocycles. The fourth-order valence-electron chi connectivity index (χ4n) is 5.04. The molecule has 0 spiro atoms. The Bertz CT molecular complexity index is 1520. The van der Waals surface area contributed by atoms with E-state index >= 15 is 0 Å². The quantitative estimate of drug-likeness (QED) is 0.400. The normalized spacial score (nSPS) is 19.1.